The van der Waals surface area contributed by atoms with Crippen molar-refractivity contribution in [1.82, 2.24) is 9.88 Å². The summed E-state index contributed by atoms with van der Waals surface area (Å²) in [6.45, 7) is 11.0. The van der Waals surface area contributed by atoms with E-state index < -0.39 is 0 Å². The van der Waals surface area contributed by atoms with E-state index in [9.17, 15) is 5.26 Å². The zero-order chi connectivity index (χ0) is 22.7. The lowest BCUT2D eigenvalue weighted by atomic mass is 9.89. The molecule has 0 saturated carbocycles. The molecule has 1 fully saturated rings. The van der Waals surface area contributed by atoms with Crippen molar-refractivity contribution in [1.29, 1.82) is 5.26 Å². The van der Waals surface area contributed by atoms with Crippen molar-refractivity contribution < 1.29 is 4.74 Å². The van der Waals surface area contributed by atoms with E-state index in [-0.39, 0.29) is 5.60 Å². The number of hydrogen-bond acceptors (Lipinski definition) is 6. The third kappa shape index (κ3) is 5.28. The second-order valence-corrected chi connectivity index (χ2v) is 10.7. The Morgan fingerprint density at radius 2 is 1.91 bits per heavy atom. The summed E-state index contributed by atoms with van der Waals surface area (Å²) in [6, 6.07) is 11.2. The molecule has 2 aromatic rings. The average Bonchev–Trinajstić information content (AvgIpc) is 2.98. The monoisotopic (exact) mass is 450 g/mol. The van der Waals surface area contributed by atoms with Gasteiger partial charge in [-0.2, -0.15) is 5.26 Å². The molecule has 0 radical (unpaired) electrons. The maximum absolute atomic E-state index is 10.1. The van der Waals surface area contributed by atoms with Gasteiger partial charge in [-0.3, -0.25) is 0 Å². The molecule has 2 aliphatic heterocycles. The zero-order valence-corrected chi connectivity index (χ0v) is 20.6. The number of ether oxygens (including phenoxy) is 1. The van der Waals surface area contributed by atoms with Gasteiger partial charge in [0.2, 0.25) is 0 Å². The first-order valence-electron chi connectivity index (χ1n) is 11.6. The van der Waals surface area contributed by atoms with Crippen LogP contribution in [0.2, 0.25) is 0 Å². The van der Waals surface area contributed by atoms with Crippen molar-refractivity contribution in [3.63, 3.8) is 0 Å². The minimum Gasteiger partial charge on any atom is -0.370 e. The molecule has 170 valence electrons. The summed E-state index contributed by atoms with van der Waals surface area (Å²) in [7, 11) is 2.18. The van der Waals surface area contributed by atoms with Crippen molar-refractivity contribution in [2.75, 3.05) is 43.9 Å². The van der Waals surface area contributed by atoms with Crippen molar-refractivity contribution >= 4 is 17.6 Å². The summed E-state index contributed by atoms with van der Waals surface area (Å²) in [5.74, 6) is 1.94. The van der Waals surface area contributed by atoms with Crippen molar-refractivity contribution in [2.45, 2.75) is 57.3 Å². The fourth-order valence-electron chi connectivity index (χ4n) is 4.49. The number of hydrogen-bond donors (Lipinski definition) is 0. The minimum atomic E-state index is -0.264. The summed E-state index contributed by atoms with van der Waals surface area (Å²) in [5, 5.41) is 11.0. The number of fused-ring (bicyclic) bond motifs is 1. The van der Waals surface area contributed by atoms with E-state index in [1.807, 2.05) is 0 Å². The molecule has 0 spiro atoms. The van der Waals surface area contributed by atoms with Gasteiger partial charge in [-0.1, -0.05) is 29.8 Å². The molecule has 5 nitrogen and oxygen atoms in total. The van der Waals surface area contributed by atoms with E-state index in [4.69, 9.17) is 9.72 Å². The van der Waals surface area contributed by atoms with Crippen LogP contribution in [0.4, 0.5) is 5.82 Å². The predicted octanol–water partition coefficient (Wildman–Crippen LogP) is 4.59. The van der Waals surface area contributed by atoms with Crippen LogP contribution in [0.25, 0.3) is 0 Å². The molecule has 0 atom stereocenters. The van der Waals surface area contributed by atoms with E-state index in [1.165, 1.54) is 11.1 Å². The number of nitriles is 1. The van der Waals surface area contributed by atoms with Crippen LogP contribution in [-0.4, -0.2) is 54.5 Å². The van der Waals surface area contributed by atoms with Crippen LogP contribution in [0.5, 0.6) is 0 Å². The van der Waals surface area contributed by atoms with Gasteiger partial charge in [0.1, 0.15) is 16.9 Å². The van der Waals surface area contributed by atoms with E-state index in [2.05, 4.69) is 68.0 Å². The molecule has 0 aliphatic carbocycles. The number of rotatable bonds is 5. The van der Waals surface area contributed by atoms with Gasteiger partial charge in [0.25, 0.3) is 0 Å². The highest BCUT2D eigenvalue weighted by molar-refractivity contribution is 7.99. The van der Waals surface area contributed by atoms with Gasteiger partial charge in [0.15, 0.2) is 0 Å². The molecule has 6 heteroatoms. The number of thioether (sulfide) groups is 1. The van der Waals surface area contributed by atoms with Gasteiger partial charge in [-0.25, -0.2) is 4.98 Å². The van der Waals surface area contributed by atoms with Crippen molar-refractivity contribution in [3.05, 3.63) is 52.1 Å². The Morgan fingerprint density at radius 3 is 2.66 bits per heavy atom. The van der Waals surface area contributed by atoms with Gasteiger partial charge in [-0.15, -0.1) is 11.8 Å². The number of aryl methyl sites for hydroxylation is 2. The molecule has 0 bridgehead atoms. The number of aromatic nitrogens is 1. The highest BCUT2D eigenvalue weighted by atomic mass is 32.2. The number of benzene rings is 1. The van der Waals surface area contributed by atoms with E-state index in [0.29, 0.717) is 6.61 Å². The van der Waals surface area contributed by atoms with Crippen molar-refractivity contribution in [2.24, 2.45) is 0 Å². The number of pyridine rings is 1. The molecule has 32 heavy (non-hydrogen) atoms. The van der Waals surface area contributed by atoms with Gasteiger partial charge >= 0.3 is 0 Å². The Kier molecular flexibility index (Phi) is 7.09. The van der Waals surface area contributed by atoms with Crippen LogP contribution in [0.3, 0.4) is 0 Å². The van der Waals surface area contributed by atoms with Gasteiger partial charge in [0.05, 0.1) is 17.8 Å². The van der Waals surface area contributed by atoms with Crippen LogP contribution < -0.4 is 4.90 Å². The Labute approximate surface area is 196 Å². The molecule has 2 aliphatic rings. The lowest BCUT2D eigenvalue weighted by molar-refractivity contribution is -0.0402. The normalized spacial score (nSPS) is 18.7. The maximum atomic E-state index is 10.1. The number of likely N-dealkylation sites (N-methyl/N-ethyl adjacent to an activating group) is 1. The van der Waals surface area contributed by atoms with E-state index in [1.54, 1.807) is 11.8 Å². The second kappa shape index (κ2) is 9.82. The minimum absolute atomic E-state index is 0.264. The summed E-state index contributed by atoms with van der Waals surface area (Å²) in [5.41, 5.74) is 5.35. The SMILES string of the molecule is Cc1ccc(CCSc2nc(N3CCCN(C)CC3)c3c(c2C#N)CC(C)(C)OC3)cc1. The first-order chi connectivity index (χ1) is 15.4. The molecule has 0 N–H and O–H groups in total. The summed E-state index contributed by atoms with van der Waals surface area (Å²) in [6.07, 6.45) is 2.84. The molecule has 3 heterocycles. The lowest BCUT2D eigenvalue weighted by Crippen LogP contribution is -2.36. The molecule has 1 saturated heterocycles. The third-order valence-corrected chi connectivity index (χ3v) is 7.43. The number of nitrogens with zero attached hydrogens (tertiary/aromatic N) is 4. The predicted molar refractivity (Wildman–Crippen MR) is 131 cm³/mol. The quantitative estimate of drug-likeness (QED) is 0.621. The first kappa shape index (κ1) is 23.1. The summed E-state index contributed by atoms with van der Waals surface area (Å²) >= 11 is 1.72. The molecular formula is C26H34N4OS. The molecule has 1 aromatic carbocycles. The Balaban J connectivity index is 1.65. The molecule has 4 rings (SSSR count). The standard InChI is InChI=1S/C26H34N4OS/c1-19-6-8-20(9-7-19)10-15-32-25-22(17-27)21-16-26(2,3)31-18-23(21)24(28-25)30-12-5-11-29(4)13-14-30/h6-9H,5,10-16,18H2,1-4H3. The van der Waals surface area contributed by atoms with E-state index >= 15 is 0 Å². The molecule has 0 amide bonds. The van der Waals surface area contributed by atoms with Crippen LogP contribution in [0.15, 0.2) is 29.3 Å². The molecule has 0 unspecified atom stereocenters. The third-order valence-electron chi connectivity index (χ3n) is 6.45. The molecule has 1 aromatic heterocycles. The fraction of sp³-hybridized carbons (Fsp3) is 0.538. The largest absolute Gasteiger partial charge is 0.370 e. The first-order valence-corrected chi connectivity index (χ1v) is 12.6. The topological polar surface area (TPSA) is 52.4 Å². The van der Waals surface area contributed by atoms with Crippen molar-refractivity contribution in [3.8, 4) is 6.07 Å². The van der Waals surface area contributed by atoms with Crippen LogP contribution in [-0.2, 0) is 24.2 Å². The maximum Gasteiger partial charge on any atom is 0.135 e. The van der Waals surface area contributed by atoms with Gasteiger partial charge < -0.3 is 14.5 Å². The van der Waals surface area contributed by atoms with Crippen LogP contribution in [0.1, 0.15) is 48.1 Å². The van der Waals surface area contributed by atoms with Gasteiger partial charge in [0, 0.05) is 37.4 Å². The van der Waals surface area contributed by atoms with Crippen LogP contribution in [0, 0.1) is 18.3 Å². The fourth-order valence-corrected chi connectivity index (χ4v) is 5.48. The lowest BCUT2D eigenvalue weighted by Gasteiger charge is -2.35. The smallest absolute Gasteiger partial charge is 0.135 e. The Hall–Kier alpha value is -2.07. The van der Waals surface area contributed by atoms with Crippen LogP contribution >= 0.6 is 11.8 Å². The highest BCUT2D eigenvalue weighted by Crippen LogP contribution is 2.39. The molecular weight excluding hydrogens is 416 g/mol. The Morgan fingerprint density at radius 1 is 1.12 bits per heavy atom. The average molecular weight is 451 g/mol. The van der Waals surface area contributed by atoms with E-state index in [0.717, 1.165) is 78.7 Å². The zero-order valence-electron chi connectivity index (χ0n) is 19.8. The summed E-state index contributed by atoms with van der Waals surface area (Å²) in [4.78, 5) is 9.90. The second-order valence-electron chi connectivity index (χ2n) is 9.64. The number of anilines is 1. The summed E-state index contributed by atoms with van der Waals surface area (Å²) < 4.78 is 6.17. The highest BCUT2D eigenvalue weighted by Gasteiger charge is 2.33. The Bertz CT molecular complexity index is 996. The van der Waals surface area contributed by atoms with Gasteiger partial charge in [-0.05, 0) is 58.3 Å².